The van der Waals surface area contributed by atoms with Crippen LogP contribution in [0.4, 0.5) is 5.69 Å². The number of ether oxygens (including phenoxy) is 1. The number of para-hydroxylation sites is 1. The van der Waals surface area contributed by atoms with E-state index < -0.39 is 10.9 Å². The Bertz CT molecular complexity index is 717. The van der Waals surface area contributed by atoms with E-state index in [0.29, 0.717) is 11.1 Å². The molecule has 0 aromatic heterocycles. The summed E-state index contributed by atoms with van der Waals surface area (Å²) >= 11 is 0. The number of carbonyl (C=O) groups excluding carboxylic acids is 1. The van der Waals surface area contributed by atoms with Crippen LogP contribution < -0.4 is 0 Å². The van der Waals surface area contributed by atoms with Gasteiger partial charge in [-0.1, -0.05) is 24.3 Å². The Balaban J connectivity index is 2.08. The maximum absolute atomic E-state index is 11.9. The third-order valence-corrected chi connectivity index (χ3v) is 2.77. The lowest BCUT2D eigenvalue weighted by Crippen LogP contribution is -2.08. The molecule has 0 heterocycles. The zero-order valence-electron chi connectivity index (χ0n) is 10.9. The molecule has 2 aromatic rings. The number of hydrogen-bond donors (Lipinski definition) is 0. The van der Waals surface area contributed by atoms with Crippen LogP contribution in [0.2, 0.25) is 0 Å². The van der Waals surface area contributed by atoms with Crippen molar-refractivity contribution in [1.82, 2.24) is 0 Å². The van der Waals surface area contributed by atoms with E-state index in [-0.39, 0.29) is 17.9 Å². The van der Waals surface area contributed by atoms with Gasteiger partial charge in [0.1, 0.15) is 12.2 Å². The van der Waals surface area contributed by atoms with Gasteiger partial charge in [0.05, 0.1) is 16.6 Å². The number of hydrogen-bond acceptors (Lipinski definition) is 5. The second-order valence-corrected chi connectivity index (χ2v) is 4.16. The van der Waals surface area contributed by atoms with Crippen LogP contribution in [0.3, 0.4) is 0 Å². The van der Waals surface area contributed by atoms with Gasteiger partial charge in [-0.25, -0.2) is 4.79 Å². The van der Waals surface area contributed by atoms with E-state index in [1.165, 1.54) is 24.3 Å². The standard InChI is InChI=1S/C15H10N2O4/c16-9-11-5-7-12(8-6-11)10-21-15(18)13-3-1-2-4-14(13)17(19)20/h1-8H,10H2. The van der Waals surface area contributed by atoms with Crippen LogP contribution >= 0.6 is 0 Å². The van der Waals surface area contributed by atoms with Crippen LogP contribution in [0.5, 0.6) is 0 Å². The van der Waals surface area contributed by atoms with Crippen molar-refractivity contribution in [2.75, 3.05) is 0 Å². The molecule has 2 aromatic carbocycles. The van der Waals surface area contributed by atoms with Crippen molar-refractivity contribution in [1.29, 1.82) is 5.26 Å². The molecule has 6 nitrogen and oxygen atoms in total. The number of nitro groups is 1. The summed E-state index contributed by atoms with van der Waals surface area (Å²) in [6.07, 6.45) is 0. The summed E-state index contributed by atoms with van der Waals surface area (Å²) in [5, 5.41) is 19.5. The van der Waals surface area contributed by atoms with Gasteiger partial charge in [0.2, 0.25) is 0 Å². The third kappa shape index (κ3) is 3.42. The summed E-state index contributed by atoms with van der Waals surface area (Å²) in [6.45, 7) is -0.0173. The Morgan fingerprint density at radius 2 is 1.86 bits per heavy atom. The van der Waals surface area contributed by atoms with Gasteiger partial charge >= 0.3 is 5.97 Å². The summed E-state index contributed by atoms with van der Waals surface area (Å²) in [7, 11) is 0. The number of nitriles is 1. The van der Waals surface area contributed by atoms with Crippen LogP contribution in [-0.4, -0.2) is 10.9 Å². The highest BCUT2D eigenvalue weighted by Gasteiger charge is 2.20. The van der Waals surface area contributed by atoms with Gasteiger partial charge in [-0.2, -0.15) is 5.26 Å². The highest BCUT2D eigenvalue weighted by Crippen LogP contribution is 2.19. The number of nitrogens with zero attached hydrogens (tertiary/aromatic N) is 2. The lowest BCUT2D eigenvalue weighted by Gasteiger charge is -2.05. The summed E-state index contributed by atoms with van der Waals surface area (Å²) in [5.74, 6) is -0.758. The quantitative estimate of drug-likeness (QED) is 0.488. The molecule has 0 amide bonds. The molecule has 0 saturated carbocycles. The highest BCUT2D eigenvalue weighted by molar-refractivity contribution is 5.93. The van der Waals surface area contributed by atoms with Gasteiger partial charge in [-0.05, 0) is 23.8 Å². The lowest BCUT2D eigenvalue weighted by molar-refractivity contribution is -0.385. The summed E-state index contributed by atoms with van der Waals surface area (Å²) < 4.78 is 5.05. The molecule has 6 heteroatoms. The fourth-order valence-electron chi connectivity index (χ4n) is 1.71. The van der Waals surface area contributed by atoms with Crippen molar-refractivity contribution in [3.05, 3.63) is 75.3 Å². The van der Waals surface area contributed by atoms with Crippen molar-refractivity contribution in [3.63, 3.8) is 0 Å². The molecule has 104 valence electrons. The van der Waals surface area contributed by atoms with Gasteiger partial charge in [-0.15, -0.1) is 0 Å². The van der Waals surface area contributed by atoms with E-state index in [2.05, 4.69) is 0 Å². The minimum absolute atomic E-state index is 0.0173. The number of rotatable bonds is 4. The Hall–Kier alpha value is -3.20. The van der Waals surface area contributed by atoms with Gasteiger partial charge in [0.15, 0.2) is 0 Å². The van der Waals surface area contributed by atoms with Gasteiger partial charge in [0, 0.05) is 6.07 Å². The summed E-state index contributed by atoms with van der Waals surface area (Å²) in [6, 6.07) is 14.1. The average Bonchev–Trinajstić information content (AvgIpc) is 2.53. The van der Waals surface area contributed by atoms with E-state index in [1.807, 2.05) is 6.07 Å². The van der Waals surface area contributed by atoms with Crippen LogP contribution in [0, 0.1) is 21.4 Å². The molecule has 21 heavy (non-hydrogen) atoms. The Morgan fingerprint density at radius 3 is 2.48 bits per heavy atom. The van der Waals surface area contributed by atoms with Crippen molar-refractivity contribution in [2.45, 2.75) is 6.61 Å². The number of benzene rings is 2. The number of nitro benzene ring substituents is 1. The number of esters is 1. The van der Waals surface area contributed by atoms with Crippen molar-refractivity contribution >= 4 is 11.7 Å². The fourth-order valence-corrected chi connectivity index (χ4v) is 1.71. The van der Waals surface area contributed by atoms with E-state index in [4.69, 9.17) is 10.00 Å². The molecule has 0 unspecified atom stereocenters. The molecule has 0 N–H and O–H groups in total. The molecular weight excluding hydrogens is 272 g/mol. The lowest BCUT2D eigenvalue weighted by atomic mass is 10.1. The predicted octanol–water partition coefficient (Wildman–Crippen LogP) is 2.82. The van der Waals surface area contributed by atoms with E-state index in [0.717, 1.165) is 0 Å². The Kier molecular flexibility index (Phi) is 4.26. The molecular formula is C15H10N2O4. The summed E-state index contributed by atoms with van der Waals surface area (Å²) in [4.78, 5) is 22.1. The van der Waals surface area contributed by atoms with Gasteiger partial charge in [0.25, 0.3) is 5.69 Å². The molecule has 0 radical (unpaired) electrons. The minimum Gasteiger partial charge on any atom is -0.457 e. The zero-order valence-corrected chi connectivity index (χ0v) is 10.9. The van der Waals surface area contributed by atoms with Crippen LogP contribution in [0.25, 0.3) is 0 Å². The first-order valence-corrected chi connectivity index (χ1v) is 6.01. The molecule has 0 aliphatic heterocycles. The van der Waals surface area contributed by atoms with Crippen molar-refractivity contribution in [3.8, 4) is 6.07 Å². The molecule has 0 aliphatic rings. The van der Waals surface area contributed by atoms with Gasteiger partial charge in [-0.3, -0.25) is 10.1 Å². The van der Waals surface area contributed by atoms with Crippen molar-refractivity contribution in [2.24, 2.45) is 0 Å². The van der Waals surface area contributed by atoms with E-state index in [9.17, 15) is 14.9 Å². The smallest absolute Gasteiger partial charge is 0.345 e. The molecule has 0 bridgehead atoms. The largest absolute Gasteiger partial charge is 0.457 e. The first-order valence-electron chi connectivity index (χ1n) is 6.01. The fraction of sp³-hybridized carbons (Fsp3) is 0.0667. The van der Waals surface area contributed by atoms with Crippen LogP contribution in [-0.2, 0) is 11.3 Å². The Morgan fingerprint density at radius 1 is 1.19 bits per heavy atom. The topological polar surface area (TPSA) is 93.2 Å². The van der Waals surface area contributed by atoms with Crippen LogP contribution in [0.15, 0.2) is 48.5 Å². The predicted molar refractivity (Wildman–Crippen MR) is 73.4 cm³/mol. The molecule has 0 spiro atoms. The highest BCUT2D eigenvalue weighted by atomic mass is 16.6. The van der Waals surface area contributed by atoms with Crippen LogP contribution in [0.1, 0.15) is 21.5 Å². The number of carbonyl (C=O) groups is 1. The molecule has 0 aliphatic carbocycles. The van der Waals surface area contributed by atoms with E-state index >= 15 is 0 Å². The van der Waals surface area contributed by atoms with E-state index in [1.54, 1.807) is 24.3 Å². The van der Waals surface area contributed by atoms with Gasteiger partial charge < -0.3 is 4.74 Å². The molecule has 0 fully saturated rings. The van der Waals surface area contributed by atoms with Crippen molar-refractivity contribution < 1.29 is 14.5 Å². The zero-order chi connectivity index (χ0) is 15.2. The second kappa shape index (κ2) is 6.30. The maximum Gasteiger partial charge on any atom is 0.345 e. The molecule has 2 rings (SSSR count). The molecule has 0 saturated heterocycles. The minimum atomic E-state index is -0.758. The first-order chi connectivity index (χ1) is 10.1. The normalized spacial score (nSPS) is 9.67. The third-order valence-electron chi connectivity index (χ3n) is 2.77. The molecule has 0 atom stereocenters. The summed E-state index contributed by atoms with van der Waals surface area (Å²) in [5.41, 5.74) is 0.822. The Labute approximate surface area is 120 Å². The maximum atomic E-state index is 11.9. The second-order valence-electron chi connectivity index (χ2n) is 4.16. The first kappa shape index (κ1) is 14.2. The monoisotopic (exact) mass is 282 g/mol. The SMILES string of the molecule is N#Cc1ccc(COC(=O)c2ccccc2[N+](=O)[O-])cc1. The average molecular weight is 282 g/mol.